The molecule has 3 heterocycles. The van der Waals surface area contributed by atoms with Gasteiger partial charge in [0.2, 0.25) is 5.91 Å². The Hall–Kier alpha value is -2.87. The molecule has 1 N–H and O–H groups in total. The number of aromatic nitrogens is 2. The molecule has 3 aromatic rings. The lowest BCUT2D eigenvalue weighted by atomic mass is 9.96. The molecule has 28 heavy (non-hydrogen) atoms. The fourth-order valence-corrected chi connectivity index (χ4v) is 4.08. The highest BCUT2D eigenvalue weighted by Crippen LogP contribution is 2.25. The Morgan fingerprint density at radius 1 is 1.32 bits per heavy atom. The normalized spacial score (nSPS) is 16.9. The van der Waals surface area contributed by atoms with Crippen LogP contribution in [0.25, 0.3) is 10.9 Å². The number of halogens is 1. The third kappa shape index (κ3) is 3.73. The number of likely N-dealkylation sites (tertiary alicyclic amines) is 1. The molecule has 0 aliphatic carbocycles. The number of hydrogen-bond acceptors (Lipinski definition) is 5. The van der Waals surface area contributed by atoms with Crippen LogP contribution in [0, 0.1) is 18.7 Å². The fraction of sp³-hybridized carbons (Fsp3) is 0.300. The Morgan fingerprint density at radius 3 is 2.96 bits per heavy atom. The third-order valence-corrected chi connectivity index (χ3v) is 5.56. The van der Waals surface area contributed by atoms with E-state index in [-0.39, 0.29) is 23.5 Å². The van der Waals surface area contributed by atoms with Crippen molar-refractivity contribution in [3.05, 3.63) is 52.9 Å². The number of amides is 2. The molecule has 8 heteroatoms. The first-order chi connectivity index (χ1) is 13.5. The third-order valence-electron chi connectivity index (χ3n) is 4.87. The van der Waals surface area contributed by atoms with E-state index in [1.807, 2.05) is 0 Å². The predicted molar refractivity (Wildman–Crippen MR) is 106 cm³/mol. The minimum atomic E-state index is -0.388. The number of rotatable bonds is 3. The SMILES string of the molecule is Cc1cc(C(=O)N2CCC[C@H](C(=O)Nc3nccs3)C2)c2ccc(F)cc2n1. The topological polar surface area (TPSA) is 75.2 Å². The van der Waals surface area contributed by atoms with Crippen molar-refractivity contribution in [3.63, 3.8) is 0 Å². The smallest absolute Gasteiger partial charge is 0.254 e. The zero-order chi connectivity index (χ0) is 19.7. The van der Waals surface area contributed by atoms with Gasteiger partial charge in [0.1, 0.15) is 5.82 Å². The van der Waals surface area contributed by atoms with Gasteiger partial charge in [-0.25, -0.2) is 9.37 Å². The minimum Gasteiger partial charge on any atom is -0.338 e. The maximum Gasteiger partial charge on any atom is 0.254 e. The molecule has 0 spiro atoms. The molecule has 1 saturated heterocycles. The number of anilines is 1. The molecule has 1 fully saturated rings. The van der Waals surface area contributed by atoms with Crippen LogP contribution in [0.5, 0.6) is 0 Å². The molecule has 0 bridgehead atoms. The van der Waals surface area contributed by atoms with Crippen molar-refractivity contribution in [2.24, 2.45) is 5.92 Å². The van der Waals surface area contributed by atoms with E-state index in [4.69, 9.17) is 0 Å². The summed E-state index contributed by atoms with van der Waals surface area (Å²) in [5.41, 5.74) is 1.60. The van der Waals surface area contributed by atoms with E-state index in [0.717, 1.165) is 12.8 Å². The van der Waals surface area contributed by atoms with Gasteiger partial charge in [0.15, 0.2) is 5.13 Å². The molecule has 1 aliphatic heterocycles. The van der Waals surface area contributed by atoms with Crippen LogP contribution in [-0.2, 0) is 4.79 Å². The lowest BCUT2D eigenvalue weighted by Gasteiger charge is -2.32. The molecule has 2 aromatic heterocycles. The van der Waals surface area contributed by atoms with Crippen molar-refractivity contribution in [1.82, 2.24) is 14.9 Å². The summed E-state index contributed by atoms with van der Waals surface area (Å²) in [4.78, 5) is 35.8. The quantitative estimate of drug-likeness (QED) is 0.731. The number of thiazole rings is 1. The van der Waals surface area contributed by atoms with Crippen molar-refractivity contribution in [3.8, 4) is 0 Å². The van der Waals surface area contributed by atoms with E-state index < -0.39 is 0 Å². The van der Waals surface area contributed by atoms with E-state index in [0.29, 0.717) is 40.4 Å². The summed E-state index contributed by atoms with van der Waals surface area (Å²) < 4.78 is 13.6. The molecule has 0 radical (unpaired) electrons. The zero-order valence-electron chi connectivity index (χ0n) is 15.3. The number of nitrogens with one attached hydrogen (secondary N) is 1. The van der Waals surface area contributed by atoms with Crippen LogP contribution < -0.4 is 5.32 Å². The van der Waals surface area contributed by atoms with Gasteiger partial charge in [0.25, 0.3) is 5.91 Å². The molecule has 1 atom stereocenters. The number of carbonyl (C=O) groups is 2. The van der Waals surface area contributed by atoms with Crippen LogP contribution in [0.4, 0.5) is 9.52 Å². The molecular formula is C20H19FN4O2S. The number of carbonyl (C=O) groups excluding carboxylic acids is 2. The van der Waals surface area contributed by atoms with Crippen LogP contribution in [0.2, 0.25) is 0 Å². The van der Waals surface area contributed by atoms with Gasteiger partial charge in [-0.15, -0.1) is 11.3 Å². The molecule has 1 aromatic carbocycles. The first-order valence-electron chi connectivity index (χ1n) is 9.08. The van der Waals surface area contributed by atoms with E-state index in [1.54, 1.807) is 35.5 Å². The molecule has 6 nitrogen and oxygen atoms in total. The summed E-state index contributed by atoms with van der Waals surface area (Å²) in [7, 11) is 0. The van der Waals surface area contributed by atoms with E-state index >= 15 is 0 Å². The standard InChI is InChI=1S/C20H19FN4O2S/c1-12-9-16(15-5-4-14(21)10-17(15)23-12)19(27)25-7-2-3-13(11-25)18(26)24-20-22-6-8-28-20/h4-6,8-10,13H,2-3,7,11H2,1H3,(H,22,24,26)/t13-/m0/s1. The Balaban J connectivity index is 1.56. The molecular weight excluding hydrogens is 379 g/mol. The maximum absolute atomic E-state index is 13.6. The van der Waals surface area contributed by atoms with Gasteiger partial charge in [0, 0.05) is 41.8 Å². The zero-order valence-corrected chi connectivity index (χ0v) is 16.1. The number of nitrogens with zero attached hydrogens (tertiary/aromatic N) is 3. The van der Waals surface area contributed by atoms with Gasteiger partial charge in [0.05, 0.1) is 17.0 Å². The van der Waals surface area contributed by atoms with E-state index in [2.05, 4.69) is 15.3 Å². The average molecular weight is 398 g/mol. The summed E-state index contributed by atoms with van der Waals surface area (Å²) in [5.74, 6) is -0.951. The summed E-state index contributed by atoms with van der Waals surface area (Å²) >= 11 is 1.36. The number of piperidine rings is 1. The van der Waals surface area contributed by atoms with E-state index in [1.165, 1.54) is 23.5 Å². The maximum atomic E-state index is 13.6. The lowest BCUT2D eigenvalue weighted by Crippen LogP contribution is -2.43. The van der Waals surface area contributed by atoms with Crippen LogP contribution in [0.1, 0.15) is 28.9 Å². The Kier molecular flexibility index (Phi) is 5.04. The molecule has 4 rings (SSSR count). The van der Waals surface area contributed by atoms with Gasteiger partial charge in [-0.2, -0.15) is 0 Å². The number of benzene rings is 1. The van der Waals surface area contributed by atoms with Gasteiger partial charge in [-0.3, -0.25) is 14.6 Å². The van der Waals surface area contributed by atoms with Crippen LogP contribution in [0.15, 0.2) is 35.8 Å². The number of fused-ring (bicyclic) bond motifs is 1. The first kappa shape index (κ1) is 18.5. The lowest BCUT2D eigenvalue weighted by molar-refractivity contribution is -0.121. The predicted octanol–water partition coefficient (Wildman–Crippen LogP) is 3.63. The number of pyridine rings is 1. The van der Waals surface area contributed by atoms with Gasteiger partial charge in [-0.05, 0) is 38.0 Å². The highest BCUT2D eigenvalue weighted by atomic mass is 32.1. The van der Waals surface area contributed by atoms with Crippen molar-refractivity contribution < 1.29 is 14.0 Å². The number of hydrogen-bond donors (Lipinski definition) is 1. The fourth-order valence-electron chi connectivity index (χ4n) is 3.55. The average Bonchev–Trinajstić information content (AvgIpc) is 3.19. The van der Waals surface area contributed by atoms with Crippen LogP contribution in [-0.4, -0.2) is 39.8 Å². The monoisotopic (exact) mass is 398 g/mol. The molecule has 1 aliphatic rings. The Bertz CT molecular complexity index is 1030. The molecule has 0 saturated carbocycles. The largest absolute Gasteiger partial charge is 0.338 e. The second-order valence-electron chi connectivity index (χ2n) is 6.89. The highest BCUT2D eigenvalue weighted by molar-refractivity contribution is 7.13. The summed E-state index contributed by atoms with van der Waals surface area (Å²) in [6, 6.07) is 5.97. The summed E-state index contributed by atoms with van der Waals surface area (Å²) in [6.45, 7) is 2.71. The van der Waals surface area contributed by atoms with Crippen molar-refractivity contribution in [1.29, 1.82) is 0 Å². The summed E-state index contributed by atoms with van der Waals surface area (Å²) in [6.07, 6.45) is 3.11. The van der Waals surface area contributed by atoms with Gasteiger partial charge < -0.3 is 10.2 Å². The van der Waals surface area contributed by atoms with Crippen LogP contribution >= 0.6 is 11.3 Å². The highest BCUT2D eigenvalue weighted by Gasteiger charge is 2.30. The van der Waals surface area contributed by atoms with Gasteiger partial charge in [-0.1, -0.05) is 0 Å². The second kappa shape index (κ2) is 7.63. The minimum absolute atomic E-state index is 0.120. The Morgan fingerprint density at radius 2 is 2.18 bits per heavy atom. The molecule has 0 unspecified atom stereocenters. The second-order valence-corrected chi connectivity index (χ2v) is 7.78. The van der Waals surface area contributed by atoms with Crippen molar-refractivity contribution >= 4 is 39.2 Å². The Labute approximate surface area is 165 Å². The number of aryl methyl sites for hydroxylation is 1. The summed E-state index contributed by atoms with van der Waals surface area (Å²) in [5, 5.41) is 5.79. The van der Waals surface area contributed by atoms with Crippen LogP contribution in [0.3, 0.4) is 0 Å². The molecule has 2 amide bonds. The van der Waals surface area contributed by atoms with Crippen molar-refractivity contribution in [2.45, 2.75) is 19.8 Å². The first-order valence-corrected chi connectivity index (χ1v) is 9.96. The van der Waals surface area contributed by atoms with E-state index in [9.17, 15) is 14.0 Å². The van der Waals surface area contributed by atoms with Gasteiger partial charge >= 0.3 is 0 Å². The van der Waals surface area contributed by atoms with Crippen molar-refractivity contribution in [2.75, 3.05) is 18.4 Å². The molecule has 144 valence electrons.